The van der Waals surface area contributed by atoms with Gasteiger partial charge in [0.05, 0.1) is 12.2 Å². The zero-order chi connectivity index (χ0) is 23.4. The largest absolute Gasteiger partial charge is 0.337 e. The number of carbonyl (C=O) groups is 1. The van der Waals surface area contributed by atoms with Gasteiger partial charge in [0.25, 0.3) is 0 Å². The van der Waals surface area contributed by atoms with Gasteiger partial charge in [0.15, 0.2) is 11.6 Å². The zero-order valence-electron chi connectivity index (χ0n) is 19.7. The fraction of sp³-hybridized carbons (Fsp3) is 0.250. The molecular weight excluding hydrogens is 408 g/mol. The first-order valence-electron chi connectivity index (χ1n) is 11.4. The Morgan fingerprint density at radius 1 is 1.00 bits per heavy atom. The Kier molecular flexibility index (Phi) is 6.68. The molecule has 0 saturated heterocycles. The maximum atomic E-state index is 12.9. The summed E-state index contributed by atoms with van der Waals surface area (Å²) in [5.74, 6) is 0.540. The van der Waals surface area contributed by atoms with Crippen molar-refractivity contribution in [1.82, 2.24) is 14.8 Å². The Balaban J connectivity index is 1.65. The summed E-state index contributed by atoms with van der Waals surface area (Å²) in [6.45, 7) is 8.69. The summed E-state index contributed by atoms with van der Waals surface area (Å²) in [6, 6.07) is 20.7. The molecule has 4 aromatic rings. The highest BCUT2D eigenvalue weighted by Gasteiger charge is 2.18. The van der Waals surface area contributed by atoms with E-state index < -0.39 is 0 Å². The predicted molar refractivity (Wildman–Crippen MR) is 134 cm³/mol. The van der Waals surface area contributed by atoms with Crippen LogP contribution in [0, 0.1) is 12.8 Å². The Morgan fingerprint density at radius 2 is 1.79 bits per heavy atom. The molecule has 0 aliphatic heterocycles. The molecule has 2 heterocycles. The molecule has 0 aliphatic rings. The number of rotatable bonds is 8. The van der Waals surface area contributed by atoms with Gasteiger partial charge in [-0.25, -0.2) is 0 Å². The van der Waals surface area contributed by atoms with Gasteiger partial charge in [-0.15, -0.1) is 0 Å². The van der Waals surface area contributed by atoms with Crippen LogP contribution >= 0.6 is 0 Å². The van der Waals surface area contributed by atoms with Crippen LogP contribution in [-0.2, 0) is 13.0 Å². The van der Waals surface area contributed by atoms with Crippen molar-refractivity contribution >= 4 is 17.3 Å². The molecule has 5 heteroatoms. The number of anilines is 2. The number of nitrogens with one attached hydrogen (secondary N) is 1. The van der Waals surface area contributed by atoms with Gasteiger partial charge >= 0.3 is 0 Å². The first-order chi connectivity index (χ1) is 15.9. The quantitative estimate of drug-likeness (QED) is 0.321. The van der Waals surface area contributed by atoms with E-state index in [4.69, 9.17) is 0 Å². The number of nitrogens with zero attached hydrogens (tertiary/aromatic N) is 3. The van der Waals surface area contributed by atoms with Crippen molar-refractivity contribution in [2.75, 3.05) is 5.32 Å². The first kappa shape index (κ1) is 22.5. The van der Waals surface area contributed by atoms with E-state index in [1.807, 2.05) is 36.9 Å². The average Bonchev–Trinajstić information content (AvgIpc) is 3.25. The van der Waals surface area contributed by atoms with Crippen LogP contribution in [0.25, 0.3) is 11.1 Å². The lowest BCUT2D eigenvalue weighted by atomic mass is 10.00. The van der Waals surface area contributed by atoms with Crippen LogP contribution in [0.4, 0.5) is 11.5 Å². The molecule has 0 bridgehead atoms. The Morgan fingerprint density at radius 3 is 2.55 bits per heavy atom. The summed E-state index contributed by atoms with van der Waals surface area (Å²) in [4.78, 5) is 17.4. The van der Waals surface area contributed by atoms with Gasteiger partial charge in [0.2, 0.25) is 0 Å². The standard InChI is InChI=1S/C28H30N4O/c1-5-21-9-7-11-23(15-21)24-16-25(27(29-17-24)28(33)19(2)3)30-26-12-13-32(31-26)18-22-10-6-8-20(4)14-22/h6-17,19H,5,18H2,1-4H3,(H,30,31). The first-order valence-corrected chi connectivity index (χ1v) is 11.4. The number of aryl methyl sites for hydroxylation is 2. The normalized spacial score (nSPS) is 11.1. The molecule has 0 aliphatic carbocycles. The van der Waals surface area contributed by atoms with Crippen molar-refractivity contribution in [3.63, 3.8) is 0 Å². The molecule has 0 fully saturated rings. The van der Waals surface area contributed by atoms with Gasteiger partial charge in [0, 0.05) is 29.9 Å². The molecular formula is C28H30N4O. The molecule has 0 amide bonds. The summed E-state index contributed by atoms with van der Waals surface area (Å²) < 4.78 is 1.89. The number of pyridine rings is 1. The molecule has 0 radical (unpaired) electrons. The van der Waals surface area contributed by atoms with E-state index in [-0.39, 0.29) is 11.7 Å². The lowest BCUT2D eigenvalue weighted by Gasteiger charge is -2.13. The number of hydrogen-bond acceptors (Lipinski definition) is 4. The number of carbonyl (C=O) groups excluding carboxylic acids is 1. The van der Waals surface area contributed by atoms with Gasteiger partial charge in [-0.1, -0.05) is 74.9 Å². The minimum absolute atomic E-state index is 0.00514. The van der Waals surface area contributed by atoms with Crippen LogP contribution in [0.5, 0.6) is 0 Å². The highest BCUT2D eigenvalue weighted by molar-refractivity contribution is 6.01. The van der Waals surface area contributed by atoms with Crippen molar-refractivity contribution in [2.45, 2.75) is 40.7 Å². The van der Waals surface area contributed by atoms with Gasteiger partial charge in [-0.3, -0.25) is 14.5 Å². The molecule has 0 saturated carbocycles. The molecule has 33 heavy (non-hydrogen) atoms. The number of Topliss-reactive ketones (excluding diaryl/α,β-unsaturated/α-hetero) is 1. The number of ketones is 1. The second-order valence-electron chi connectivity index (χ2n) is 8.71. The van der Waals surface area contributed by atoms with Crippen molar-refractivity contribution in [3.8, 4) is 11.1 Å². The van der Waals surface area contributed by atoms with E-state index in [9.17, 15) is 4.79 Å². The van der Waals surface area contributed by atoms with Gasteiger partial charge < -0.3 is 5.32 Å². The lowest BCUT2D eigenvalue weighted by molar-refractivity contribution is 0.0935. The Bertz CT molecular complexity index is 1270. The maximum absolute atomic E-state index is 12.9. The van der Waals surface area contributed by atoms with E-state index in [2.05, 4.69) is 77.8 Å². The molecule has 0 atom stereocenters. The summed E-state index contributed by atoms with van der Waals surface area (Å²) in [5.41, 5.74) is 6.84. The van der Waals surface area contributed by atoms with Gasteiger partial charge in [-0.05, 0) is 36.1 Å². The van der Waals surface area contributed by atoms with Crippen LogP contribution in [0.1, 0.15) is 48.0 Å². The van der Waals surface area contributed by atoms with Crippen LogP contribution in [0.15, 0.2) is 73.1 Å². The molecule has 168 valence electrons. The number of hydrogen-bond donors (Lipinski definition) is 1. The second kappa shape index (κ2) is 9.82. The SMILES string of the molecule is CCc1cccc(-c2cnc(C(=O)C(C)C)c(Nc3ccn(Cc4cccc(C)c4)n3)c2)c1. The molecule has 2 aromatic carbocycles. The third-order valence-corrected chi connectivity index (χ3v) is 5.64. The van der Waals surface area contributed by atoms with Gasteiger partial charge in [0.1, 0.15) is 5.69 Å². The fourth-order valence-corrected chi connectivity index (χ4v) is 3.81. The van der Waals surface area contributed by atoms with Crippen LogP contribution < -0.4 is 5.32 Å². The van der Waals surface area contributed by atoms with E-state index in [1.165, 1.54) is 16.7 Å². The molecule has 0 spiro atoms. The summed E-state index contributed by atoms with van der Waals surface area (Å²) in [6.07, 6.45) is 4.69. The monoisotopic (exact) mass is 438 g/mol. The van der Waals surface area contributed by atoms with Crippen LogP contribution in [0.3, 0.4) is 0 Å². The van der Waals surface area contributed by atoms with Crippen molar-refractivity contribution in [2.24, 2.45) is 5.92 Å². The molecule has 0 unspecified atom stereocenters. The highest BCUT2D eigenvalue weighted by Crippen LogP contribution is 2.28. The third-order valence-electron chi connectivity index (χ3n) is 5.64. The average molecular weight is 439 g/mol. The molecule has 1 N–H and O–H groups in total. The molecule has 4 rings (SSSR count). The second-order valence-corrected chi connectivity index (χ2v) is 8.71. The Hall–Kier alpha value is -3.73. The summed E-state index contributed by atoms with van der Waals surface area (Å²) in [7, 11) is 0. The minimum Gasteiger partial charge on any atom is -0.337 e. The van der Waals surface area contributed by atoms with Gasteiger partial charge in [-0.2, -0.15) is 5.10 Å². The number of aromatic nitrogens is 3. The zero-order valence-corrected chi connectivity index (χ0v) is 19.7. The van der Waals surface area contributed by atoms with Crippen LogP contribution in [0.2, 0.25) is 0 Å². The smallest absolute Gasteiger partial charge is 0.185 e. The molecule has 5 nitrogen and oxygen atoms in total. The van der Waals surface area contributed by atoms with E-state index in [0.29, 0.717) is 23.7 Å². The van der Waals surface area contributed by atoms with E-state index >= 15 is 0 Å². The van der Waals surface area contributed by atoms with Crippen molar-refractivity contribution in [1.29, 1.82) is 0 Å². The van der Waals surface area contributed by atoms with Crippen molar-refractivity contribution < 1.29 is 4.79 Å². The highest BCUT2D eigenvalue weighted by atomic mass is 16.1. The summed E-state index contributed by atoms with van der Waals surface area (Å²) in [5, 5.41) is 8.02. The van der Waals surface area contributed by atoms with Crippen molar-refractivity contribution in [3.05, 3.63) is 95.4 Å². The topological polar surface area (TPSA) is 59.8 Å². The Labute approximate surface area is 195 Å². The van der Waals surface area contributed by atoms with E-state index in [1.54, 1.807) is 6.20 Å². The fourth-order valence-electron chi connectivity index (χ4n) is 3.81. The minimum atomic E-state index is -0.147. The van der Waals surface area contributed by atoms with E-state index in [0.717, 1.165) is 17.5 Å². The van der Waals surface area contributed by atoms with Crippen LogP contribution in [-0.4, -0.2) is 20.5 Å². The summed E-state index contributed by atoms with van der Waals surface area (Å²) >= 11 is 0. The molecule has 2 aromatic heterocycles. The predicted octanol–water partition coefficient (Wildman–Crippen LogP) is 6.45. The number of benzene rings is 2. The third kappa shape index (κ3) is 5.37. The lowest BCUT2D eigenvalue weighted by Crippen LogP contribution is -2.13. The maximum Gasteiger partial charge on any atom is 0.185 e.